The van der Waals surface area contributed by atoms with Gasteiger partial charge >= 0.3 is 11.9 Å². The van der Waals surface area contributed by atoms with Gasteiger partial charge in [-0.1, -0.05) is 15.9 Å². The highest BCUT2D eigenvalue weighted by molar-refractivity contribution is 9.09. The predicted octanol–water partition coefficient (Wildman–Crippen LogP) is 0.0967. The average Bonchev–Trinajstić information content (AvgIpc) is 2.95. The minimum atomic E-state index is -0.497. The highest BCUT2D eigenvalue weighted by atomic mass is 79.9. The van der Waals surface area contributed by atoms with E-state index in [9.17, 15) is 19.2 Å². The molecule has 2 aliphatic rings. The van der Waals surface area contributed by atoms with Crippen LogP contribution in [-0.4, -0.2) is 179 Å². The molecule has 49 heavy (non-hydrogen) atoms. The summed E-state index contributed by atoms with van der Waals surface area (Å²) in [5.74, 6) is -0.188. The summed E-state index contributed by atoms with van der Waals surface area (Å²) < 4.78 is 10.3. The van der Waals surface area contributed by atoms with Gasteiger partial charge in [-0.25, -0.2) is 0 Å². The minimum absolute atomic E-state index is 0.116. The van der Waals surface area contributed by atoms with Crippen molar-refractivity contribution in [2.75, 3.05) is 130 Å². The van der Waals surface area contributed by atoms with E-state index in [-0.39, 0.29) is 41.0 Å². The molecule has 5 N–H and O–H groups in total. The summed E-state index contributed by atoms with van der Waals surface area (Å²) in [7, 11) is 0. The molecule has 0 bridgehead atoms. The lowest BCUT2D eigenvalue weighted by atomic mass is 10.2. The molecular weight excluding hydrogens is 696 g/mol. The molecule has 0 aliphatic carbocycles. The van der Waals surface area contributed by atoms with Crippen molar-refractivity contribution in [3.63, 3.8) is 0 Å². The van der Waals surface area contributed by atoms with Crippen molar-refractivity contribution in [3.8, 4) is 0 Å². The fourth-order valence-corrected chi connectivity index (χ4v) is 4.85. The third kappa shape index (κ3) is 33.4. The fourth-order valence-electron chi connectivity index (χ4n) is 4.74. The van der Waals surface area contributed by atoms with Gasteiger partial charge < -0.3 is 36.1 Å². The summed E-state index contributed by atoms with van der Waals surface area (Å²) in [6, 6.07) is 0. The van der Waals surface area contributed by atoms with E-state index in [4.69, 9.17) is 9.47 Å². The Hall–Kier alpha value is -1.56. The van der Waals surface area contributed by atoms with Crippen LogP contribution in [0, 0.1) is 0 Å². The maximum atomic E-state index is 12.2. The summed E-state index contributed by atoms with van der Waals surface area (Å²) in [4.78, 5) is 52.2. The van der Waals surface area contributed by atoms with Crippen LogP contribution >= 0.6 is 15.9 Å². The van der Waals surface area contributed by atoms with Gasteiger partial charge in [-0.15, -0.1) is 0 Å². The molecule has 0 aromatic carbocycles. The standard InChI is InChI=1S/C20H38N4O4.C8H20N4.C6H11BrO2/c1-17(25)14-22-8-6-21-7-9-23(16-19(27)28-20(3,4)5)11-13-24(12-10-22)15-18(2)26;1-2-10-5-6-12-8-7-11-4-3-9-1;1-6(2,3)9-5(8)4-7/h21H,6-16H2,1-5H3;9-12H,1-8H2;4H2,1-3H3. The SMILES string of the molecule is C1CNCCNCCNCCN1.CC(=O)CN1CCNCCN(CC(=O)OC(C)(C)C)CCN(CC(C)=O)CC1.CC(C)(C)OC(=O)CBr. The Labute approximate surface area is 305 Å². The largest absolute Gasteiger partial charge is 0.459 e. The number of hydrogen-bond donors (Lipinski definition) is 5. The van der Waals surface area contributed by atoms with Crippen molar-refractivity contribution in [2.45, 2.75) is 66.6 Å². The van der Waals surface area contributed by atoms with Gasteiger partial charge in [0.1, 0.15) is 28.1 Å². The third-order valence-corrected chi connectivity index (χ3v) is 7.24. The monoisotopic (exact) mass is 764 g/mol. The first-order chi connectivity index (χ1) is 23.0. The van der Waals surface area contributed by atoms with Crippen LogP contribution in [0.4, 0.5) is 0 Å². The Morgan fingerprint density at radius 3 is 1.06 bits per heavy atom. The summed E-state index contributed by atoms with van der Waals surface area (Å²) in [5.41, 5.74) is -0.854. The molecule has 288 valence electrons. The Morgan fingerprint density at radius 1 is 0.490 bits per heavy atom. The van der Waals surface area contributed by atoms with Gasteiger partial charge in [-0.3, -0.25) is 33.9 Å². The van der Waals surface area contributed by atoms with Crippen LogP contribution in [0.2, 0.25) is 0 Å². The Kier molecular flexibility index (Phi) is 27.2. The molecule has 0 radical (unpaired) electrons. The molecule has 0 atom stereocenters. The fraction of sp³-hybridized carbons (Fsp3) is 0.882. The summed E-state index contributed by atoms with van der Waals surface area (Å²) in [6.45, 7) is 29.8. The first-order valence-electron chi connectivity index (χ1n) is 17.7. The maximum absolute atomic E-state index is 12.2. The minimum Gasteiger partial charge on any atom is -0.459 e. The van der Waals surface area contributed by atoms with Gasteiger partial charge in [0.25, 0.3) is 0 Å². The molecule has 14 nitrogen and oxygen atoms in total. The molecule has 0 amide bonds. The van der Waals surface area contributed by atoms with Gasteiger partial charge in [0, 0.05) is 105 Å². The number of ether oxygens (including phenoxy) is 2. The van der Waals surface area contributed by atoms with Crippen molar-refractivity contribution in [2.24, 2.45) is 0 Å². The number of nitrogens with one attached hydrogen (secondary N) is 5. The zero-order valence-corrected chi connectivity index (χ0v) is 33.4. The first kappa shape index (κ1) is 47.4. The molecule has 0 unspecified atom stereocenters. The van der Waals surface area contributed by atoms with Crippen molar-refractivity contribution in [1.29, 1.82) is 0 Å². The highest BCUT2D eigenvalue weighted by Gasteiger charge is 2.21. The van der Waals surface area contributed by atoms with Crippen LogP contribution in [0.1, 0.15) is 55.4 Å². The number of carbonyl (C=O) groups excluding carboxylic acids is 4. The van der Waals surface area contributed by atoms with Crippen LogP contribution in [-0.2, 0) is 28.7 Å². The molecule has 2 fully saturated rings. The number of esters is 2. The molecule has 0 spiro atoms. The molecule has 0 aromatic heterocycles. The topological polar surface area (TPSA) is 157 Å². The lowest BCUT2D eigenvalue weighted by Crippen LogP contribution is -2.47. The van der Waals surface area contributed by atoms with E-state index >= 15 is 0 Å². The number of ketones is 2. The van der Waals surface area contributed by atoms with Crippen LogP contribution < -0.4 is 26.6 Å². The van der Waals surface area contributed by atoms with E-state index in [2.05, 4.69) is 57.2 Å². The number of Topliss-reactive ketones (excluding diaryl/α,β-unsaturated/α-hetero) is 2. The Morgan fingerprint density at radius 2 is 0.776 bits per heavy atom. The van der Waals surface area contributed by atoms with E-state index in [0.29, 0.717) is 32.7 Å². The molecule has 0 saturated carbocycles. The quantitative estimate of drug-likeness (QED) is 0.176. The van der Waals surface area contributed by atoms with Gasteiger partial charge in [-0.2, -0.15) is 0 Å². The number of rotatable bonds is 7. The van der Waals surface area contributed by atoms with Gasteiger partial charge in [0.15, 0.2) is 0 Å². The Balaban J connectivity index is 0.000000892. The normalized spacial score (nSPS) is 19.0. The number of halogens is 1. The van der Waals surface area contributed by atoms with Crippen LogP contribution in [0.15, 0.2) is 0 Å². The first-order valence-corrected chi connectivity index (χ1v) is 18.8. The average molecular weight is 766 g/mol. The number of alkyl halides is 1. The third-order valence-electron chi connectivity index (χ3n) is 6.78. The molecular formula is C34H69BrN8O6. The van der Waals surface area contributed by atoms with E-state index in [1.165, 1.54) is 0 Å². The maximum Gasteiger partial charge on any atom is 0.320 e. The van der Waals surface area contributed by atoms with Crippen LogP contribution in [0.3, 0.4) is 0 Å². The van der Waals surface area contributed by atoms with E-state index < -0.39 is 5.60 Å². The molecule has 2 heterocycles. The molecule has 2 rings (SSSR count). The number of nitrogens with zero attached hydrogens (tertiary/aromatic N) is 3. The van der Waals surface area contributed by atoms with Crippen LogP contribution in [0.5, 0.6) is 0 Å². The van der Waals surface area contributed by atoms with E-state index in [1.54, 1.807) is 13.8 Å². The summed E-state index contributed by atoms with van der Waals surface area (Å²) in [5, 5.41) is 17.1. The van der Waals surface area contributed by atoms with E-state index in [0.717, 1.165) is 85.1 Å². The second-order valence-corrected chi connectivity index (χ2v) is 14.8. The van der Waals surface area contributed by atoms with Crippen molar-refractivity contribution >= 4 is 39.4 Å². The van der Waals surface area contributed by atoms with Crippen LogP contribution in [0.25, 0.3) is 0 Å². The highest BCUT2D eigenvalue weighted by Crippen LogP contribution is 2.08. The van der Waals surface area contributed by atoms with Gasteiger partial charge in [0.2, 0.25) is 0 Å². The zero-order valence-electron chi connectivity index (χ0n) is 31.8. The second kappa shape index (κ2) is 28.1. The smallest absolute Gasteiger partial charge is 0.320 e. The van der Waals surface area contributed by atoms with Crippen molar-refractivity contribution < 1.29 is 28.7 Å². The summed E-state index contributed by atoms with van der Waals surface area (Å²) >= 11 is 2.99. The molecule has 0 aromatic rings. The number of carbonyl (C=O) groups is 4. The summed E-state index contributed by atoms with van der Waals surface area (Å²) in [6.07, 6.45) is 0. The second-order valence-electron chi connectivity index (χ2n) is 14.3. The lowest BCUT2D eigenvalue weighted by molar-refractivity contribution is -0.156. The van der Waals surface area contributed by atoms with Crippen molar-refractivity contribution in [1.82, 2.24) is 41.3 Å². The van der Waals surface area contributed by atoms with Gasteiger partial charge in [-0.05, 0) is 55.4 Å². The molecule has 2 saturated heterocycles. The predicted molar refractivity (Wildman–Crippen MR) is 201 cm³/mol. The van der Waals surface area contributed by atoms with E-state index in [1.807, 2.05) is 41.5 Å². The molecule has 15 heteroatoms. The zero-order chi connectivity index (χ0) is 37.1. The van der Waals surface area contributed by atoms with Gasteiger partial charge in [0.05, 0.1) is 19.6 Å². The van der Waals surface area contributed by atoms with Crippen molar-refractivity contribution in [3.05, 3.63) is 0 Å². The Bertz CT molecular complexity index is 873. The molecule has 2 aliphatic heterocycles. The lowest BCUT2D eigenvalue weighted by Gasteiger charge is -2.31. The number of hydrogen-bond acceptors (Lipinski definition) is 14.